The molecule has 1 aliphatic heterocycles. The zero-order chi connectivity index (χ0) is 10.9. The molecule has 0 spiro atoms. The van der Waals surface area contributed by atoms with Crippen molar-refractivity contribution >= 4 is 10.8 Å². The predicted molar refractivity (Wildman–Crippen MR) is 61.2 cm³/mol. The first-order valence-corrected chi connectivity index (χ1v) is 6.50. The van der Waals surface area contributed by atoms with Crippen molar-refractivity contribution in [3.8, 4) is 5.75 Å². The zero-order valence-electron chi connectivity index (χ0n) is 8.51. The van der Waals surface area contributed by atoms with Gasteiger partial charge < -0.3 is 4.74 Å². The molecule has 0 bridgehead atoms. The Morgan fingerprint density at radius 2 is 2.13 bits per heavy atom. The van der Waals surface area contributed by atoms with Crippen molar-refractivity contribution in [2.45, 2.75) is 12.5 Å². The lowest BCUT2D eigenvalue weighted by Gasteiger charge is -2.27. The van der Waals surface area contributed by atoms with E-state index in [1.165, 1.54) is 0 Å². The van der Waals surface area contributed by atoms with Crippen LogP contribution < -0.4 is 9.46 Å². The van der Waals surface area contributed by atoms with E-state index in [0.29, 0.717) is 5.75 Å². The second kappa shape index (κ2) is 4.02. The van der Waals surface area contributed by atoms with E-state index in [2.05, 4.69) is 4.72 Å². The molecule has 1 aromatic rings. The molecule has 0 saturated carbocycles. The third-order valence-corrected chi connectivity index (χ3v) is 4.00. The van der Waals surface area contributed by atoms with Gasteiger partial charge in [0.25, 0.3) is 0 Å². The van der Waals surface area contributed by atoms with Crippen LogP contribution >= 0.6 is 10.8 Å². The van der Waals surface area contributed by atoms with Gasteiger partial charge in [-0.1, -0.05) is 18.2 Å². The summed E-state index contributed by atoms with van der Waals surface area (Å²) in [6.07, 6.45) is 0.725. The van der Waals surface area contributed by atoms with E-state index in [4.69, 9.17) is 4.74 Å². The van der Waals surface area contributed by atoms with Gasteiger partial charge in [-0.15, -0.1) is 10.8 Å². The van der Waals surface area contributed by atoms with Gasteiger partial charge in [-0.05, 0) is 12.5 Å². The Kier molecular flexibility index (Phi) is 2.88. The minimum absolute atomic E-state index is 0.0221. The molecule has 1 aliphatic rings. The maximum Gasteiger partial charge on any atom is 0.123 e. The molecule has 84 valence electrons. The summed E-state index contributed by atoms with van der Waals surface area (Å²) < 4.78 is 27.0. The van der Waals surface area contributed by atoms with Crippen molar-refractivity contribution in [2.75, 3.05) is 12.9 Å². The van der Waals surface area contributed by atoms with Crippen molar-refractivity contribution in [1.29, 1.82) is 0 Å². The molecule has 0 radical (unpaired) electrons. The average molecular weight is 229 g/mol. The van der Waals surface area contributed by atoms with Gasteiger partial charge in [-0.3, -0.25) is 9.11 Å². The quantitative estimate of drug-likeness (QED) is 0.728. The number of hydrogen-bond donors (Lipinski definition) is 3. The van der Waals surface area contributed by atoms with Crippen LogP contribution in [0.5, 0.6) is 5.75 Å². The summed E-state index contributed by atoms with van der Waals surface area (Å²) in [6, 6.07) is 7.61. The molecule has 1 atom stereocenters. The first kappa shape index (κ1) is 10.8. The monoisotopic (exact) mass is 229 g/mol. The van der Waals surface area contributed by atoms with E-state index < -0.39 is 10.8 Å². The second-order valence-electron chi connectivity index (χ2n) is 3.57. The number of hydrogen-bond acceptors (Lipinski definition) is 4. The van der Waals surface area contributed by atoms with Gasteiger partial charge in [0.2, 0.25) is 0 Å². The van der Waals surface area contributed by atoms with Gasteiger partial charge in [0.05, 0.1) is 18.9 Å². The van der Waals surface area contributed by atoms with Crippen molar-refractivity contribution in [2.24, 2.45) is 0 Å². The predicted octanol–water partition coefficient (Wildman–Crippen LogP) is 2.40. The summed E-state index contributed by atoms with van der Waals surface area (Å²) >= 11 is 0. The lowest BCUT2D eigenvalue weighted by atomic mass is 10.0. The fraction of sp³-hybridized carbons (Fsp3) is 0.400. The Balaban J connectivity index is 2.23. The highest BCUT2D eigenvalue weighted by Crippen LogP contribution is 2.47. The molecule has 0 aromatic heterocycles. The number of benzene rings is 1. The first-order chi connectivity index (χ1) is 7.12. The number of nitrogens with one attached hydrogen (secondary N) is 1. The van der Waals surface area contributed by atoms with Crippen LogP contribution in [0.2, 0.25) is 0 Å². The van der Waals surface area contributed by atoms with Crippen molar-refractivity contribution in [3.63, 3.8) is 0 Å². The van der Waals surface area contributed by atoms with Gasteiger partial charge in [-0.2, -0.15) is 0 Å². The zero-order valence-corrected chi connectivity index (χ0v) is 9.33. The van der Waals surface area contributed by atoms with Gasteiger partial charge >= 0.3 is 0 Å². The third-order valence-electron chi connectivity index (χ3n) is 2.54. The molecule has 15 heavy (non-hydrogen) atoms. The number of para-hydroxylation sites is 1. The molecule has 4 nitrogen and oxygen atoms in total. The van der Waals surface area contributed by atoms with Crippen LogP contribution in [0, 0.1) is 0 Å². The molecule has 1 saturated heterocycles. The van der Waals surface area contributed by atoms with Crippen LogP contribution in [0.15, 0.2) is 24.3 Å². The Morgan fingerprint density at radius 1 is 1.40 bits per heavy atom. The van der Waals surface area contributed by atoms with E-state index in [-0.39, 0.29) is 6.04 Å². The Labute approximate surface area is 90.7 Å². The van der Waals surface area contributed by atoms with Crippen molar-refractivity contribution in [1.82, 2.24) is 4.72 Å². The summed E-state index contributed by atoms with van der Waals surface area (Å²) in [7, 11) is -0.957. The lowest BCUT2D eigenvalue weighted by Crippen LogP contribution is -2.17. The Bertz CT molecular complexity index is 356. The highest BCUT2D eigenvalue weighted by atomic mass is 32.3. The molecule has 0 amide bonds. The fourth-order valence-electron chi connectivity index (χ4n) is 1.80. The number of methoxy groups -OCH3 is 1. The van der Waals surface area contributed by atoms with E-state index >= 15 is 0 Å². The third kappa shape index (κ3) is 2.26. The summed E-state index contributed by atoms with van der Waals surface area (Å²) in [5.74, 6) is 1.20. The van der Waals surface area contributed by atoms with Gasteiger partial charge in [-0.25, -0.2) is 4.72 Å². The van der Waals surface area contributed by atoms with E-state index in [9.17, 15) is 9.11 Å². The smallest absolute Gasteiger partial charge is 0.123 e. The van der Waals surface area contributed by atoms with Gasteiger partial charge in [0.15, 0.2) is 0 Å². The van der Waals surface area contributed by atoms with Crippen LogP contribution in [-0.2, 0) is 0 Å². The van der Waals surface area contributed by atoms with Crippen LogP contribution in [0.25, 0.3) is 0 Å². The largest absolute Gasteiger partial charge is 0.496 e. The minimum Gasteiger partial charge on any atom is -0.496 e. The molecular weight excluding hydrogens is 214 g/mol. The fourth-order valence-corrected chi connectivity index (χ4v) is 3.18. The number of rotatable bonds is 2. The molecule has 5 heteroatoms. The van der Waals surface area contributed by atoms with Gasteiger partial charge in [0.1, 0.15) is 5.75 Å². The Hall–Kier alpha value is -0.750. The van der Waals surface area contributed by atoms with Crippen LogP contribution in [0.4, 0.5) is 0 Å². The van der Waals surface area contributed by atoms with E-state index in [1.807, 2.05) is 24.3 Å². The van der Waals surface area contributed by atoms with Crippen LogP contribution in [-0.4, -0.2) is 22.0 Å². The summed E-state index contributed by atoms with van der Waals surface area (Å²) in [6.45, 7) is 0. The minimum atomic E-state index is -2.57. The van der Waals surface area contributed by atoms with Gasteiger partial charge in [0, 0.05) is 5.56 Å². The lowest BCUT2D eigenvalue weighted by molar-refractivity contribution is 0.403. The van der Waals surface area contributed by atoms with Crippen molar-refractivity contribution in [3.05, 3.63) is 29.8 Å². The maximum absolute atomic E-state index is 9.48. The highest BCUT2D eigenvalue weighted by Gasteiger charge is 2.29. The molecule has 1 unspecified atom stereocenters. The average Bonchev–Trinajstić information content (AvgIpc) is 2.59. The van der Waals surface area contributed by atoms with E-state index in [0.717, 1.165) is 17.7 Å². The SMILES string of the molecule is COc1ccccc1C1CCS(O)(O)N1. The first-order valence-electron chi connectivity index (χ1n) is 4.78. The normalized spacial score (nSPS) is 26.2. The van der Waals surface area contributed by atoms with Crippen molar-refractivity contribution < 1.29 is 13.8 Å². The number of ether oxygens (including phenoxy) is 1. The van der Waals surface area contributed by atoms with E-state index in [1.54, 1.807) is 7.11 Å². The summed E-state index contributed by atoms with van der Waals surface area (Å²) in [4.78, 5) is 0. The standard InChI is InChI=1S/C10H15NO3S/c1-14-10-5-3-2-4-8(10)9-6-7-15(12,13)11-9/h2-5,9,11-13H,6-7H2,1H3. The Morgan fingerprint density at radius 3 is 2.73 bits per heavy atom. The molecule has 1 heterocycles. The molecule has 1 fully saturated rings. The second-order valence-corrected chi connectivity index (χ2v) is 5.55. The summed E-state index contributed by atoms with van der Waals surface area (Å²) in [5, 5.41) is 0. The highest BCUT2D eigenvalue weighted by molar-refractivity contribution is 8.22. The van der Waals surface area contributed by atoms with Crippen LogP contribution in [0.3, 0.4) is 0 Å². The molecule has 0 aliphatic carbocycles. The van der Waals surface area contributed by atoms with Crippen LogP contribution in [0.1, 0.15) is 18.0 Å². The topological polar surface area (TPSA) is 61.7 Å². The molecule has 2 rings (SSSR count). The maximum atomic E-state index is 9.48. The molecular formula is C10H15NO3S. The molecule has 1 aromatic carbocycles. The molecule has 3 N–H and O–H groups in total. The summed E-state index contributed by atoms with van der Waals surface area (Å²) in [5.41, 5.74) is 0.984.